The summed E-state index contributed by atoms with van der Waals surface area (Å²) < 4.78 is 45.1. The minimum absolute atomic E-state index is 0.0951. The van der Waals surface area contributed by atoms with Crippen molar-refractivity contribution < 1.29 is 27.5 Å². The SMILES string of the molecule is O=C1[C@@H]2C3C=CC(O3)[C@@H]2C(=O)N1c1ccc2c(C(F)(F)F)cc(=O)[nH]c2c1. The van der Waals surface area contributed by atoms with Crippen molar-refractivity contribution in [3.05, 3.63) is 52.3 Å². The number of nitrogens with zero attached hydrogens (tertiary/aromatic N) is 1. The third kappa shape index (κ3) is 2.14. The van der Waals surface area contributed by atoms with Crippen molar-refractivity contribution in [1.82, 2.24) is 4.98 Å². The fourth-order valence-corrected chi connectivity index (χ4v) is 4.18. The number of carbonyl (C=O) groups excluding carboxylic acids is 2. The lowest BCUT2D eigenvalue weighted by molar-refractivity contribution is -0.136. The van der Waals surface area contributed by atoms with E-state index in [-0.39, 0.29) is 16.6 Å². The number of alkyl halides is 3. The number of ether oxygens (including phenoxy) is 1. The number of hydrogen-bond donors (Lipinski definition) is 1. The fraction of sp³-hybridized carbons (Fsp3) is 0.278. The van der Waals surface area contributed by atoms with E-state index in [1.54, 1.807) is 12.2 Å². The quantitative estimate of drug-likeness (QED) is 0.610. The number of hydrogen-bond acceptors (Lipinski definition) is 4. The zero-order chi connectivity index (χ0) is 19.1. The maximum Gasteiger partial charge on any atom is 0.417 e. The average Bonchev–Trinajstić information content (AvgIpc) is 3.26. The molecular formula is C18H11F3N2O4. The molecular weight excluding hydrogens is 365 g/mol. The number of amides is 2. The number of pyridine rings is 1. The fourth-order valence-electron chi connectivity index (χ4n) is 4.18. The summed E-state index contributed by atoms with van der Waals surface area (Å²) in [5.41, 5.74) is -1.96. The van der Waals surface area contributed by atoms with Gasteiger partial charge in [0, 0.05) is 11.5 Å². The second-order valence-electron chi connectivity index (χ2n) is 6.79. The largest absolute Gasteiger partial charge is 0.417 e. The van der Waals surface area contributed by atoms with Crippen LogP contribution >= 0.6 is 0 Å². The van der Waals surface area contributed by atoms with Crippen LogP contribution in [0.4, 0.5) is 18.9 Å². The Morgan fingerprint density at radius 2 is 1.59 bits per heavy atom. The molecule has 1 aromatic heterocycles. The molecule has 0 spiro atoms. The first-order valence-electron chi connectivity index (χ1n) is 8.21. The molecule has 1 aromatic carbocycles. The molecule has 5 rings (SSSR count). The Hall–Kier alpha value is -2.94. The number of anilines is 1. The van der Waals surface area contributed by atoms with Crippen LogP contribution in [0.5, 0.6) is 0 Å². The molecule has 1 N–H and O–H groups in total. The van der Waals surface area contributed by atoms with E-state index >= 15 is 0 Å². The van der Waals surface area contributed by atoms with Crippen molar-refractivity contribution in [3.63, 3.8) is 0 Å². The predicted molar refractivity (Wildman–Crippen MR) is 86.8 cm³/mol. The van der Waals surface area contributed by atoms with Crippen LogP contribution in [-0.2, 0) is 20.5 Å². The summed E-state index contributed by atoms with van der Waals surface area (Å²) in [5.74, 6) is -2.14. The molecule has 6 nitrogen and oxygen atoms in total. The van der Waals surface area contributed by atoms with Crippen molar-refractivity contribution in [2.75, 3.05) is 4.90 Å². The number of benzene rings is 1. The van der Waals surface area contributed by atoms with Gasteiger partial charge < -0.3 is 9.72 Å². The minimum atomic E-state index is -4.70. The van der Waals surface area contributed by atoms with E-state index < -0.39 is 53.2 Å². The molecule has 2 amide bonds. The molecule has 2 aromatic rings. The summed E-state index contributed by atoms with van der Waals surface area (Å²) in [6.45, 7) is 0. The molecule has 0 saturated carbocycles. The highest BCUT2D eigenvalue weighted by Crippen LogP contribution is 2.46. The number of nitrogens with one attached hydrogen (secondary N) is 1. The Bertz CT molecular complexity index is 1070. The van der Waals surface area contributed by atoms with Gasteiger partial charge in [-0.1, -0.05) is 18.2 Å². The predicted octanol–water partition coefficient (Wildman–Crippen LogP) is 1.99. The van der Waals surface area contributed by atoms with E-state index in [4.69, 9.17) is 4.74 Å². The topological polar surface area (TPSA) is 79.5 Å². The van der Waals surface area contributed by atoms with Crippen LogP contribution < -0.4 is 10.5 Å². The minimum Gasteiger partial charge on any atom is -0.365 e. The molecule has 2 bridgehead atoms. The summed E-state index contributed by atoms with van der Waals surface area (Å²) >= 11 is 0. The van der Waals surface area contributed by atoms with Crippen molar-refractivity contribution in [3.8, 4) is 0 Å². The molecule has 0 aliphatic carbocycles. The van der Waals surface area contributed by atoms with E-state index in [2.05, 4.69) is 4.98 Å². The lowest BCUT2D eigenvalue weighted by atomic mass is 9.85. The molecule has 9 heteroatoms. The molecule has 2 unspecified atom stereocenters. The van der Waals surface area contributed by atoms with Crippen LogP contribution in [0.3, 0.4) is 0 Å². The Morgan fingerprint density at radius 3 is 2.19 bits per heavy atom. The van der Waals surface area contributed by atoms with Gasteiger partial charge in [0.15, 0.2) is 0 Å². The van der Waals surface area contributed by atoms with Crippen LogP contribution in [0, 0.1) is 11.8 Å². The number of aromatic amines is 1. The van der Waals surface area contributed by atoms with Gasteiger partial charge in [-0.05, 0) is 12.1 Å². The third-order valence-electron chi connectivity index (χ3n) is 5.30. The van der Waals surface area contributed by atoms with Crippen LogP contribution in [0.15, 0.2) is 41.2 Å². The number of imide groups is 1. The highest BCUT2D eigenvalue weighted by Gasteiger charge is 2.61. The number of halogens is 3. The van der Waals surface area contributed by atoms with Gasteiger partial charge in [0.25, 0.3) is 0 Å². The smallest absolute Gasteiger partial charge is 0.365 e. The molecule has 27 heavy (non-hydrogen) atoms. The molecule has 4 atom stereocenters. The van der Waals surface area contributed by atoms with E-state index in [1.807, 2.05) is 0 Å². The Balaban J connectivity index is 1.62. The number of fused-ring (bicyclic) bond motifs is 6. The number of H-pyrrole nitrogens is 1. The Morgan fingerprint density at radius 1 is 0.963 bits per heavy atom. The summed E-state index contributed by atoms with van der Waals surface area (Å²) in [6, 6.07) is 4.14. The first-order chi connectivity index (χ1) is 12.8. The van der Waals surface area contributed by atoms with Crippen LogP contribution in [0.2, 0.25) is 0 Å². The van der Waals surface area contributed by atoms with Gasteiger partial charge in [-0.3, -0.25) is 14.4 Å². The Labute approximate surface area is 149 Å². The number of aromatic nitrogens is 1. The molecule has 2 fully saturated rings. The molecule has 0 radical (unpaired) electrons. The van der Waals surface area contributed by atoms with Crippen LogP contribution in [0.1, 0.15) is 5.56 Å². The number of carbonyl (C=O) groups is 2. The Kier molecular flexibility index (Phi) is 3.05. The average molecular weight is 376 g/mol. The summed E-state index contributed by atoms with van der Waals surface area (Å²) in [5, 5.41) is -0.213. The van der Waals surface area contributed by atoms with Gasteiger partial charge in [0.05, 0.1) is 40.8 Å². The van der Waals surface area contributed by atoms with Crippen molar-refractivity contribution in [2.45, 2.75) is 18.4 Å². The molecule has 3 aliphatic rings. The van der Waals surface area contributed by atoms with Crippen molar-refractivity contribution >= 4 is 28.4 Å². The van der Waals surface area contributed by atoms with E-state index in [9.17, 15) is 27.6 Å². The normalized spacial score (nSPS) is 29.2. The zero-order valence-electron chi connectivity index (χ0n) is 13.5. The monoisotopic (exact) mass is 376 g/mol. The lowest BCUT2D eigenvalue weighted by Gasteiger charge is -2.18. The van der Waals surface area contributed by atoms with Crippen molar-refractivity contribution in [1.29, 1.82) is 0 Å². The first-order valence-corrected chi connectivity index (χ1v) is 8.21. The highest BCUT2D eigenvalue weighted by atomic mass is 19.4. The summed E-state index contributed by atoms with van der Waals surface area (Å²) in [6.07, 6.45) is -2.13. The highest BCUT2D eigenvalue weighted by molar-refractivity contribution is 6.23. The maximum atomic E-state index is 13.2. The van der Waals surface area contributed by atoms with Crippen LogP contribution in [0.25, 0.3) is 10.9 Å². The van der Waals surface area contributed by atoms with Gasteiger partial charge in [-0.2, -0.15) is 13.2 Å². The van der Waals surface area contributed by atoms with Gasteiger partial charge in [0.2, 0.25) is 17.4 Å². The van der Waals surface area contributed by atoms with Gasteiger partial charge in [-0.15, -0.1) is 0 Å². The standard InChI is InChI=1S/C18H11F3N2O4/c19-18(20,21)9-6-13(24)22-10-5-7(1-2-8(9)10)23-16(25)14-11-3-4-12(27-11)15(14)17(23)26/h1-6,11-12,14-15H,(H,22,24)/t11?,12?,14-,15+. The lowest BCUT2D eigenvalue weighted by Crippen LogP contribution is -2.34. The van der Waals surface area contributed by atoms with Gasteiger partial charge in [-0.25, -0.2) is 4.90 Å². The van der Waals surface area contributed by atoms with Gasteiger partial charge >= 0.3 is 6.18 Å². The third-order valence-corrected chi connectivity index (χ3v) is 5.30. The second kappa shape index (κ2) is 5.07. The molecule has 4 heterocycles. The first kappa shape index (κ1) is 16.2. The summed E-state index contributed by atoms with van der Waals surface area (Å²) in [4.78, 5) is 40.5. The molecule has 138 valence electrons. The van der Waals surface area contributed by atoms with Crippen LogP contribution in [-0.4, -0.2) is 29.0 Å². The molecule has 2 saturated heterocycles. The van der Waals surface area contributed by atoms with E-state index in [1.165, 1.54) is 12.1 Å². The second-order valence-corrected chi connectivity index (χ2v) is 6.79. The summed E-state index contributed by atoms with van der Waals surface area (Å²) in [7, 11) is 0. The number of rotatable bonds is 1. The molecule has 3 aliphatic heterocycles. The van der Waals surface area contributed by atoms with Gasteiger partial charge in [0.1, 0.15) is 0 Å². The van der Waals surface area contributed by atoms with Crippen molar-refractivity contribution in [2.24, 2.45) is 11.8 Å². The maximum absolute atomic E-state index is 13.2. The van der Waals surface area contributed by atoms with E-state index in [0.717, 1.165) is 11.0 Å². The zero-order valence-corrected chi connectivity index (χ0v) is 13.5. The van der Waals surface area contributed by atoms with E-state index in [0.29, 0.717) is 6.07 Å².